The van der Waals surface area contributed by atoms with Gasteiger partial charge in [-0.2, -0.15) is 5.10 Å². The standard InChI is InChI=1S/C17H18N2O4/c1-22-14-8-13(9-15(23-2)17(14)21)11-18-19-16(20)10-12-6-4-3-5-7-12/h3-9,11,21H,10H2,1-2H3,(H,19,20)/b18-11+. The SMILES string of the molecule is COc1cc(/C=N/NC(=O)Cc2ccccc2)cc(OC)c1O. The molecule has 6 nitrogen and oxygen atoms in total. The van der Waals surface area contributed by atoms with E-state index in [-0.39, 0.29) is 29.6 Å². The van der Waals surface area contributed by atoms with Crippen LogP contribution in [0.4, 0.5) is 0 Å². The Balaban J connectivity index is 2.01. The van der Waals surface area contributed by atoms with E-state index in [4.69, 9.17) is 9.47 Å². The number of methoxy groups -OCH3 is 2. The summed E-state index contributed by atoms with van der Waals surface area (Å²) in [6.07, 6.45) is 1.70. The number of amides is 1. The maximum Gasteiger partial charge on any atom is 0.244 e. The fourth-order valence-corrected chi connectivity index (χ4v) is 1.99. The molecule has 0 radical (unpaired) electrons. The van der Waals surface area contributed by atoms with E-state index in [9.17, 15) is 9.90 Å². The maximum atomic E-state index is 11.8. The third-order valence-electron chi connectivity index (χ3n) is 3.11. The van der Waals surface area contributed by atoms with E-state index in [1.807, 2.05) is 30.3 Å². The summed E-state index contributed by atoms with van der Waals surface area (Å²) >= 11 is 0. The normalized spacial score (nSPS) is 10.5. The van der Waals surface area contributed by atoms with Gasteiger partial charge in [-0.1, -0.05) is 30.3 Å². The molecule has 0 aromatic heterocycles. The van der Waals surface area contributed by atoms with Crippen LogP contribution in [-0.2, 0) is 11.2 Å². The van der Waals surface area contributed by atoms with Crippen molar-refractivity contribution in [3.05, 3.63) is 53.6 Å². The molecule has 0 heterocycles. The van der Waals surface area contributed by atoms with Crippen LogP contribution >= 0.6 is 0 Å². The number of nitrogens with zero attached hydrogens (tertiary/aromatic N) is 1. The molecule has 2 aromatic rings. The highest BCUT2D eigenvalue weighted by Gasteiger charge is 2.10. The number of nitrogens with one attached hydrogen (secondary N) is 1. The zero-order valence-electron chi connectivity index (χ0n) is 12.9. The minimum Gasteiger partial charge on any atom is -0.502 e. The number of benzene rings is 2. The number of ether oxygens (including phenoxy) is 2. The van der Waals surface area contributed by atoms with Crippen LogP contribution in [-0.4, -0.2) is 31.4 Å². The first kappa shape index (κ1) is 16.4. The highest BCUT2D eigenvalue weighted by atomic mass is 16.5. The van der Waals surface area contributed by atoms with Gasteiger partial charge in [0.2, 0.25) is 11.7 Å². The number of hydrogen-bond acceptors (Lipinski definition) is 5. The van der Waals surface area contributed by atoms with E-state index >= 15 is 0 Å². The average Bonchev–Trinajstić information content (AvgIpc) is 2.57. The molecule has 1 amide bonds. The molecule has 0 unspecified atom stereocenters. The summed E-state index contributed by atoms with van der Waals surface area (Å²) in [6, 6.07) is 12.6. The number of carbonyl (C=O) groups excluding carboxylic acids is 1. The van der Waals surface area contributed by atoms with E-state index in [2.05, 4.69) is 10.5 Å². The molecule has 2 aromatic carbocycles. The van der Waals surface area contributed by atoms with Gasteiger partial charge in [0, 0.05) is 5.56 Å². The Morgan fingerprint density at radius 1 is 1.17 bits per heavy atom. The van der Waals surface area contributed by atoms with Crippen LogP contribution in [0.25, 0.3) is 0 Å². The molecule has 0 saturated carbocycles. The van der Waals surface area contributed by atoms with Gasteiger partial charge in [0.15, 0.2) is 11.5 Å². The molecule has 2 rings (SSSR count). The third kappa shape index (κ3) is 4.47. The van der Waals surface area contributed by atoms with Crippen molar-refractivity contribution in [3.63, 3.8) is 0 Å². The average molecular weight is 314 g/mol. The number of phenolic OH excluding ortho intramolecular Hbond substituents is 1. The van der Waals surface area contributed by atoms with E-state index in [0.717, 1.165) is 5.56 Å². The lowest BCUT2D eigenvalue weighted by molar-refractivity contribution is -0.120. The number of hydrazone groups is 1. The smallest absolute Gasteiger partial charge is 0.244 e. The van der Waals surface area contributed by atoms with Crippen molar-refractivity contribution in [1.82, 2.24) is 5.43 Å². The van der Waals surface area contributed by atoms with E-state index in [1.165, 1.54) is 20.4 Å². The summed E-state index contributed by atoms with van der Waals surface area (Å²) < 4.78 is 10.1. The van der Waals surface area contributed by atoms with Gasteiger partial charge in [-0.3, -0.25) is 4.79 Å². The van der Waals surface area contributed by atoms with Crippen LogP contribution in [0.1, 0.15) is 11.1 Å². The second-order valence-corrected chi connectivity index (χ2v) is 4.73. The molecule has 0 aliphatic rings. The number of phenols is 1. The summed E-state index contributed by atoms with van der Waals surface area (Å²) in [5, 5.41) is 13.7. The Bertz CT molecular complexity index is 674. The van der Waals surface area contributed by atoms with Crippen LogP contribution < -0.4 is 14.9 Å². The Kier molecular flexibility index (Phi) is 5.57. The zero-order valence-corrected chi connectivity index (χ0v) is 12.9. The summed E-state index contributed by atoms with van der Waals surface area (Å²) in [5.41, 5.74) is 3.99. The fraction of sp³-hybridized carbons (Fsp3) is 0.176. The van der Waals surface area contributed by atoms with Gasteiger partial charge in [0.05, 0.1) is 26.9 Å². The Morgan fingerprint density at radius 2 is 1.78 bits per heavy atom. The molecule has 120 valence electrons. The molecule has 23 heavy (non-hydrogen) atoms. The molecular formula is C17H18N2O4. The summed E-state index contributed by atoms with van der Waals surface area (Å²) in [5.74, 6) is 0.230. The van der Waals surface area contributed by atoms with E-state index < -0.39 is 0 Å². The predicted octanol–water partition coefficient (Wildman–Crippen LogP) is 2.10. The van der Waals surface area contributed by atoms with Crippen molar-refractivity contribution in [2.24, 2.45) is 5.10 Å². The minimum absolute atomic E-state index is 0.0831. The lowest BCUT2D eigenvalue weighted by Gasteiger charge is -2.09. The van der Waals surface area contributed by atoms with Crippen molar-refractivity contribution < 1.29 is 19.4 Å². The second kappa shape index (κ2) is 7.84. The lowest BCUT2D eigenvalue weighted by Crippen LogP contribution is -2.19. The summed E-state index contributed by atoms with van der Waals surface area (Å²) in [6.45, 7) is 0. The monoisotopic (exact) mass is 314 g/mol. The minimum atomic E-state index is -0.217. The van der Waals surface area contributed by atoms with Crippen molar-refractivity contribution in [2.45, 2.75) is 6.42 Å². The van der Waals surface area contributed by atoms with Gasteiger partial charge in [-0.05, 0) is 17.7 Å². The molecular weight excluding hydrogens is 296 g/mol. The molecule has 0 bridgehead atoms. The Hall–Kier alpha value is -3.02. The third-order valence-corrected chi connectivity index (χ3v) is 3.11. The molecule has 2 N–H and O–H groups in total. The van der Waals surface area contributed by atoms with Crippen LogP contribution in [0.15, 0.2) is 47.6 Å². The van der Waals surface area contributed by atoms with Crippen molar-refractivity contribution in [3.8, 4) is 17.2 Å². The molecule has 0 aliphatic carbocycles. The first-order chi connectivity index (χ1) is 11.1. The number of hydrogen-bond donors (Lipinski definition) is 2. The molecule has 0 fully saturated rings. The molecule has 0 spiro atoms. The van der Waals surface area contributed by atoms with Gasteiger partial charge >= 0.3 is 0 Å². The summed E-state index contributed by atoms with van der Waals surface area (Å²) in [7, 11) is 2.88. The Morgan fingerprint density at radius 3 is 2.35 bits per heavy atom. The molecule has 0 saturated heterocycles. The topological polar surface area (TPSA) is 80.2 Å². The highest BCUT2D eigenvalue weighted by molar-refractivity contribution is 5.84. The summed E-state index contributed by atoms with van der Waals surface area (Å²) in [4.78, 5) is 11.8. The van der Waals surface area contributed by atoms with Crippen LogP contribution in [0.2, 0.25) is 0 Å². The second-order valence-electron chi connectivity index (χ2n) is 4.73. The molecule has 0 aliphatic heterocycles. The number of carbonyl (C=O) groups is 1. The van der Waals surface area contributed by atoms with Crippen LogP contribution in [0, 0.1) is 0 Å². The molecule has 0 atom stereocenters. The van der Waals surface area contributed by atoms with Crippen LogP contribution in [0.5, 0.6) is 17.2 Å². The van der Waals surface area contributed by atoms with Crippen molar-refractivity contribution >= 4 is 12.1 Å². The zero-order chi connectivity index (χ0) is 16.7. The Labute approximate surface area is 134 Å². The van der Waals surface area contributed by atoms with Gasteiger partial charge in [0.25, 0.3) is 0 Å². The number of aromatic hydroxyl groups is 1. The van der Waals surface area contributed by atoms with E-state index in [1.54, 1.807) is 12.1 Å². The van der Waals surface area contributed by atoms with E-state index in [0.29, 0.717) is 5.56 Å². The van der Waals surface area contributed by atoms with Gasteiger partial charge in [-0.25, -0.2) is 5.43 Å². The first-order valence-electron chi connectivity index (χ1n) is 6.95. The number of rotatable bonds is 6. The van der Waals surface area contributed by atoms with Crippen LogP contribution in [0.3, 0.4) is 0 Å². The first-order valence-corrected chi connectivity index (χ1v) is 6.95. The van der Waals surface area contributed by atoms with Gasteiger partial charge in [-0.15, -0.1) is 0 Å². The fourth-order valence-electron chi connectivity index (χ4n) is 1.99. The lowest BCUT2D eigenvalue weighted by atomic mass is 10.1. The largest absolute Gasteiger partial charge is 0.502 e. The maximum absolute atomic E-state index is 11.8. The van der Waals surface area contributed by atoms with Crippen molar-refractivity contribution in [2.75, 3.05) is 14.2 Å². The quantitative estimate of drug-likeness (QED) is 0.632. The van der Waals surface area contributed by atoms with Crippen molar-refractivity contribution in [1.29, 1.82) is 0 Å². The predicted molar refractivity (Wildman–Crippen MR) is 87.1 cm³/mol. The van der Waals surface area contributed by atoms with Gasteiger partial charge in [0.1, 0.15) is 0 Å². The highest BCUT2D eigenvalue weighted by Crippen LogP contribution is 2.36. The molecule has 6 heteroatoms. The van der Waals surface area contributed by atoms with Gasteiger partial charge < -0.3 is 14.6 Å².